The third kappa shape index (κ3) is 3.86. The zero-order valence-electron chi connectivity index (χ0n) is 9.84. The van der Waals surface area contributed by atoms with Crippen molar-refractivity contribution in [3.05, 3.63) is 27.9 Å². The number of hydrogen-bond acceptors (Lipinski definition) is 3. The molecule has 1 heterocycles. The second-order valence-electron chi connectivity index (χ2n) is 3.78. The highest BCUT2D eigenvalue weighted by Crippen LogP contribution is 2.11. The van der Waals surface area contributed by atoms with Crippen LogP contribution < -0.4 is 10.9 Å². The number of alkyl halides is 3. The van der Waals surface area contributed by atoms with Gasteiger partial charge in [-0.25, -0.2) is 4.98 Å². The number of nitrogens with one attached hydrogen (secondary N) is 1. The van der Waals surface area contributed by atoms with Gasteiger partial charge in [0.15, 0.2) is 0 Å². The molecule has 0 radical (unpaired) electrons. The molecule has 1 rings (SSSR count). The highest BCUT2D eigenvalue weighted by Gasteiger charge is 2.27. The standard InChI is InChI=1S/C10H12F3N3O2/c1-6-7(2)15-5-16(9(6)18)3-8(17)14-4-10(11,12)13/h5H,3-4H2,1-2H3,(H,14,17). The van der Waals surface area contributed by atoms with E-state index < -0.39 is 30.7 Å². The summed E-state index contributed by atoms with van der Waals surface area (Å²) in [6.45, 7) is 1.27. The number of halogens is 3. The van der Waals surface area contributed by atoms with Gasteiger partial charge in [0.2, 0.25) is 5.91 Å². The molecule has 1 aromatic heterocycles. The van der Waals surface area contributed by atoms with Gasteiger partial charge < -0.3 is 5.32 Å². The molecule has 1 amide bonds. The first kappa shape index (κ1) is 14.2. The molecule has 0 aliphatic heterocycles. The number of aromatic nitrogens is 2. The van der Waals surface area contributed by atoms with Gasteiger partial charge in [-0.3, -0.25) is 14.2 Å². The lowest BCUT2D eigenvalue weighted by Crippen LogP contribution is -2.38. The molecule has 0 aliphatic carbocycles. The van der Waals surface area contributed by atoms with E-state index in [1.807, 2.05) is 0 Å². The van der Waals surface area contributed by atoms with Crippen LogP contribution in [-0.4, -0.2) is 28.2 Å². The molecular weight excluding hydrogens is 251 g/mol. The quantitative estimate of drug-likeness (QED) is 0.865. The van der Waals surface area contributed by atoms with Crippen molar-refractivity contribution in [1.82, 2.24) is 14.9 Å². The molecule has 100 valence electrons. The van der Waals surface area contributed by atoms with Gasteiger partial charge in [-0.2, -0.15) is 13.2 Å². The second kappa shape index (κ2) is 5.19. The number of hydrogen-bond donors (Lipinski definition) is 1. The minimum absolute atomic E-state index is 0.362. The van der Waals surface area contributed by atoms with Crippen molar-refractivity contribution in [3.8, 4) is 0 Å². The Morgan fingerprint density at radius 2 is 2.06 bits per heavy atom. The predicted molar refractivity (Wildman–Crippen MR) is 57.0 cm³/mol. The van der Waals surface area contributed by atoms with Gasteiger partial charge in [0, 0.05) is 11.3 Å². The summed E-state index contributed by atoms with van der Waals surface area (Å²) in [6, 6.07) is 0. The van der Waals surface area contributed by atoms with Crippen LogP contribution in [-0.2, 0) is 11.3 Å². The third-order valence-corrected chi connectivity index (χ3v) is 2.32. The summed E-state index contributed by atoms with van der Waals surface area (Å²) in [5.74, 6) is -0.889. The molecule has 0 aliphatic rings. The minimum atomic E-state index is -4.47. The molecule has 5 nitrogen and oxygen atoms in total. The van der Waals surface area contributed by atoms with Crippen LogP contribution in [0.1, 0.15) is 11.3 Å². The van der Waals surface area contributed by atoms with Crippen LogP contribution in [0.4, 0.5) is 13.2 Å². The fraction of sp³-hybridized carbons (Fsp3) is 0.500. The molecule has 1 N–H and O–H groups in total. The number of amides is 1. The van der Waals surface area contributed by atoms with Crippen molar-refractivity contribution in [3.63, 3.8) is 0 Å². The first-order valence-corrected chi connectivity index (χ1v) is 5.07. The van der Waals surface area contributed by atoms with Crippen LogP contribution in [0.2, 0.25) is 0 Å². The average Bonchev–Trinajstić information content (AvgIpc) is 2.26. The van der Waals surface area contributed by atoms with Crippen LogP contribution in [0, 0.1) is 13.8 Å². The molecule has 18 heavy (non-hydrogen) atoms. The van der Waals surface area contributed by atoms with E-state index in [0.29, 0.717) is 11.3 Å². The van der Waals surface area contributed by atoms with E-state index in [0.717, 1.165) is 10.9 Å². The maximum Gasteiger partial charge on any atom is 0.405 e. The molecule has 0 atom stereocenters. The first-order chi connectivity index (χ1) is 8.20. The number of aryl methyl sites for hydroxylation is 1. The van der Waals surface area contributed by atoms with Crippen molar-refractivity contribution >= 4 is 5.91 Å². The lowest BCUT2D eigenvalue weighted by molar-refractivity contribution is -0.138. The number of nitrogens with zero attached hydrogens (tertiary/aromatic N) is 2. The van der Waals surface area contributed by atoms with Crippen LogP contribution >= 0.6 is 0 Å². The van der Waals surface area contributed by atoms with Crippen LogP contribution in [0.25, 0.3) is 0 Å². The van der Waals surface area contributed by atoms with Gasteiger partial charge in [0.25, 0.3) is 5.56 Å². The van der Waals surface area contributed by atoms with Crippen molar-refractivity contribution in [2.75, 3.05) is 6.54 Å². The van der Waals surface area contributed by atoms with Crippen LogP contribution in [0.3, 0.4) is 0 Å². The topological polar surface area (TPSA) is 64.0 Å². The number of carbonyl (C=O) groups excluding carboxylic acids is 1. The fourth-order valence-electron chi connectivity index (χ4n) is 1.20. The van der Waals surface area contributed by atoms with E-state index in [1.165, 1.54) is 6.92 Å². The molecule has 0 saturated heterocycles. The zero-order valence-corrected chi connectivity index (χ0v) is 9.84. The summed E-state index contributed by atoms with van der Waals surface area (Å²) in [4.78, 5) is 26.7. The Hall–Kier alpha value is -1.86. The smallest absolute Gasteiger partial charge is 0.345 e. The Morgan fingerprint density at radius 3 is 2.61 bits per heavy atom. The Morgan fingerprint density at radius 1 is 1.44 bits per heavy atom. The predicted octanol–water partition coefficient (Wildman–Crippen LogP) is 0.539. The Balaban J connectivity index is 2.72. The van der Waals surface area contributed by atoms with Gasteiger partial charge in [0.1, 0.15) is 13.1 Å². The van der Waals surface area contributed by atoms with E-state index in [-0.39, 0.29) is 0 Å². The van der Waals surface area contributed by atoms with Gasteiger partial charge in [0.05, 0.1) is 6.33 Å². The maximum atomic E-state index is 11.9. The van der Waals surface area contributed by atoms with Crippen LogP contribution in [0.15, 0.2) is 11.1 Å². The van der Waals surface area contributed by atoms with Gasteiger partial charge in [-0.05, 0) is 13.8 Å². The molecule has 8 heteroatoms. The number of carbonyl (C=O) groups is 1. The zero-order chi connectivity index (χ0) is 13.9. The van der Waals surface area contributed by atoms with Crippen molar-refractivity contribution in [2.24, 2.45) is 0 Å². The average molecular weight is 263 g/mol. The molecule has 0 spiro atoms. The lowest BCUT2D eigenvalue weighted by Gasteiger charge is -2.10. The summed E-state index contributed by atoms with van der Waals surface area (Å²) in [5, 5.41) is 1.68. The second-order valence-corrected chi connectivity index (χ2v) is 3.78. The van der Waals surface area contributed by atoms with E-state index in [2.05, 4.69) is 4.98 Å². The Kier molecular flexibility index (Phi) is 4.10. The SMILES string of the molecule is Cc1ncn(CC(=O)NCC(F)(F)F)c(=O)c1C. The molecular formula is C10H12F3N3O2. The molecule has 0 aromatic carbocycles. The van der Waals surface area contributed by atoms with Gasteiger partial charge in [-0.15, -0.1) is 0 Å². The van der Waals surface area contributed by atoms with E-state index in [9.17, 15) is 22.8 Å². The summed E-state index contributed by atoms with van der Waals surface area (Å²) < 4.78 is 36.5. The Bertz CT molecular complexity index is 508. The number of rotatable bonds is 3. The molecule has 1 aromatic rings. The highest BCUT2D eigenvalue weighted by molar-refractivity contribution is 5.75. The molecule has 0 saturated carbocycles. The largest absolute Gasteiger partial charge is 0.405 e. The molecule has 0 fully saturated rings. The van der Waals surface area contributed by atoms with E-state index in [4.69, 9.17) is 0 Å². The van der Waals surface area contributed by atoms with Gasteiger partial charge in [-0.1, -0.05) is 0 Å². The normalized spacial score (nSPS) is 11.4. The Labute approximate surface area is 101 Å². The van der Waals surface area contributed by atoms with Crippen molar-refractivity contribution < 1.29 is 18.0 Å². The minimum Gasteiger partial charge on any atom is -0.345 e. The van der Waals surface area contributed by atoms with Crippen molar-refractivity contribution in [2.45, 2.75) is 26.6 Å². The fourth-order valence-corrected chi connectivity index (χ4v) is 1.20. The van der Waals surface area contributed by atoms with Gasteiger partial charge >= 0.3 is 6.18 Å². The summed E-state index contributed by atoms with van der Waals surface area (Å²) in [7, 11) is 0. The van der Waals surface area contributed by atoms with E-state index >= 15 is 0 Å². The molecule has 0 unspecified atom stereocenters. The summed E-state index contributed by atoms with van der Waals surface area (Å²) >= 11 is 0. The van der Waals surface area contributed by atoms with Crippen molar-refractivity contribution in [1.29, 1.82) is 0 Å². The first-order valence-electron chi connectivity index (χ1n) is 5.07. The highest BCUT2D eigenvalue weighted by atomic mass is 19.4. The summed E-state index contributed by atoms with van der Waals surface area (Å²) in [6.07, 6.45) is -3.33. The monoisotopic (exact) mass is 263 g/mol. The third-order valence-electron chi connectivity index (χ3n) is 2.32. The summed E-state index contributed by atoms with van der Waals surface area (Å²) in [5.41, 5.74) is 0.442. The van der Waals surface area contributed by atoms with E-state index in [1.54, 1.807) is 12.2 Å². The lowest BCUT2D eigenvalue weighted by atomic mass is 10.3. The molecule has 0 bridgehead atoms. The maximum absolute atomic E-state index is 11.9. The van der Waals surface area contributed by atoms with Crippen LogP contribution in [0.5, 0.6) is 0 Å².